The quantitative estimate of drug-likeness (QED) is 0.0150. The molecule has 0 aliphatic carbocycles. The predicted molar refractivity (Wildman–Crippen MR) is 444 cm³/mol. The number of aromatic nitrogens is 6. The van der Waals surface area contributed by atoms with E-state index in [2.05, 4.69) is 43.5 Å². The van der Waals surface area contributed by atoms with Gasteiger partial charge in [0.1, 0.15) is 55.8 Å². The van der Waals surface area contributed by atoms with E-state index in [1.165, 1.54) is 68.8 Å². The van der Waals surface area contributed by atoms with E-state index < -0.39 is 112 Å². The number of anilines is 2. The van der Waals surface area contributed by atoms with E-state index in [0.29, 0.717) is 71.0 Å². The van der Waals surface area contributed by atoms with Gasteiger partial charge >= 0.3 is 65.3 Å². The molecule has 10 rings (SSSR count). The number of thiocarbonyl (C=S) groups is 2. The van der Waals surface area contributed by atoms with E-state index in [0.717, 1.165) is 39.9 Å². The molecule has 4 N–H and O–H groups in total. The topological polar surface area (TPSA) is 517 Å². The van der Waals surface area contributed by atoms with E-state index >= 15 is 0 Å². The van der Waals surface area contributed by atoms with Crippen molar-refractivity contribution in [1.82, 2.24) is 58.5 Å². The maximum absolute atomic E-state index is 13.7. The second-order valence-corrected chi connectivity index (χ2v) is 30.1. The van der Waals surface area contributed by atoms with Crippen molar-refractivity contribution < 1.29 is 121 Å². The fourth-order valence-corrected chi connectivity index (χ4v) is 14.4. The number of likely N-dealkylation sites (tertiary alicyclic amines) is 2. The van der Waals surface area contributed by atoms with Crippen molar-refractivity contribution in [2.24, 2.45) is 17.8 Å². The van der Waals surface area contributed by atoms with Gasteiger partial charge in [0, 0.05) is 139 Å². The Morgan fingerprint density at radius 3 is 1.39 bits per heavy atom. The van der Waals surface area contributed by atoms with Gasteiger partial charge < -0.3 is 112 Å². The van der Waals surface area contributed by atoms with Crippen molar-refractivity contribution in [3.63, 3.8) is 0 Å². The average Bonchev–Trinajstić information content (AvgIpc) is 1.72. The summed E-state index contributed by atoms with van der Waals surface area (Å²) in [5, 5.41) is 65.0. The highest BCUT2D eigenvalue weighted by Crippen LogP contribution is 2.39. The number of aliphatic hydroxyl groups is 3. The number of hydrogen-bond donors (Lipinski definition) is 4. The summed E-state index contributed by atoms with van der Waals surface area (Å²) in [5.41, 5.74) is 0.324. The summed E-state index contributed by atoms with van der Waals surface area (Å²) in [6, 6.07) is 10.3. The number of rotatable bonds is 26. The standard InChI is InChI=1S/C41H51N9O13S.C35H43N9O12S.CO2.CH4/c1-23-12-14-48(32(53)19-42-5)20-30(23)47(8)36-28-13-15-49(37(28)44-22-43-36)40(55)45(6)16-17-46(7)41(64)59-21-27-10-11-31(29(18-27)50(56)57)62-39-35(61-26(4)52)33(60-25(3)51)24(2)34(63-39)38(54)58-9;1-19-8-10-42(25(45)15-36-2)16-23(19)41(5)30-21-9-11-43(31(21)38-18-37-30)34(51)39(3)12-13-40(4)35(57)54-17-20-6-7-24(22(14-20)44(52)53)55-33-28(48)26(46)27(47)29(56-33)32(49)50;2-1-3;/h10-11,13,15,18,22-24,30,33-35,39H,12,14,16-17,19-21H2,1-4,6-9H3;6-7,9,11,14,18-19,23,26-29,33,46-48H,8,10,12-13,15-17H2,1,3-5H3,(H,49,50);;1H4/t23-,24+,30+,33+,34+,35-,39-;19-,23+,26+,27+,28-,29+,33-;;/m11../s1. The van der Waals surface area contributed by atoms with Crippen molar-refractivity contribution in [3.05, 3.63) is 128 Å². The van der Waals surface area contributed by atoms with Gasteiger partial charge in [0.05, 0.1) is 39.8 Å². The van der Waals surface area contributed by atoms with Crippen LogP contribution in [0, 0.1) is 51.1 Å². The van der Waals surface area contributed by atoms with E-state index in [1.54, 1.807) is 72.3 Å². The lowest BCUT2D eigenvalue weighted by Gasteiger charge is -2.42. The lowest BCUT2D eigenvalue weighted by Crippen LogP contribution is -2.61. The van der Waals surface area contributed by atoms with Gasteiger partial charge in [0.25, 0.3) is 23.4 Å². The highest BCUT2D eigenvalue weighted by molar-refractivity contribution is 7.80. The lowest BCUT2D eigenvalue weighted by molar-refractivity contribution is -0.387. The second kappa shape index (κ2) is 44.9. The Bertz CT molecular complexity index is 5060. The van der Waals surface area contributed by atoms with Crippen LogP contribution in [0.3, 0.4) is 0 Å². The number of carbonyl (C=O) groups excluding carboxylic acids is 9. The first-order valence-corrected chi connectivity index (χ1v) is 39.1. The molecule has 125 heavy (non-hydrogen) atoms. The minimum Gasteiger partial charge on any atom is -0.479 e. The molecule has 674 valence electrons. The van der Waals surface area contributed by atoms with Crippen LogP contribution in [-0.2, 0) is 84.7 Å². The molecule has 2 aromatic carbocycles. The normalized spacial score (nSPS) is 21.8. The van der Waals surface area contributed by atoms with Crippen molar-refractivity contribution in [1.29, 1.82) is 0 Å². The zero-order valence-corrected chi connectivity index (χ0v) is 71.1. The number of carboxylic acids is 1. The molecule has 0 spiro atoms. The molecule has 47 heteroatoms. The van der Waals surface area contributed by atoms with Crippen LogP contribution in [0.1, 0.15) is 66.0 Å². The maximum atomic E-state index is 13.7. The SMILES string of the molecule is C.O=C=O.[C-]#[N+]CC(=O)N1CC[C@@H](C)[C@@H](N(C)c2ncnc3c2ccn3C(=O)N(C)CCN(C)C(=S)OCc2ccc(O[C@@H]3O[C@H](C(=O)O)[C@@H](O)[C@H](O)[C@H]3O)c([N+](=O)[O-])c2)C1.[C-]#[N+]CC(=O)N1CC[C@@H](C)[C@@H](N(C)c2ncnc3c2ccn3C(=O)N(C)CCN(C)C(=S)OCc2ccc(O[C@@H]3O[C@H](C(=O)OC)[C@@H](C)[C@H](OC(C)=O)[C@H]3OC(C)=O)c([N+](=O)[O-])c2)C1. The molecule has 4 saturated heterocycles. The van der Waals surface area contributed by atoms with Crippen LogP contribution < -0.4 is 19.3 Å². The molecule has 0 unspecified atom stereocenters. The Kier molecular flexibility index (Phi) is 35.6. The van der Waals surface area contributed by atoms with Gasteiger partial charge in [-0.3, -0.25) is 48.5 Å². The average molecular weight is 1780 g/mol. The van der Waals surface area contributed by atoms with Gasteiger partial charge in [-0.2, -0.15) is 9.59 Å². The fourth-order valence-electron chi connectivity index (χ4n) is 14.1. The van der Waals surface area contributed by atoms with E-state index in [4.69, 9.17) is 89.8 Å². The molecule has 0 saturated carbocycles. The summed E-state index contributed by atoms with van der Waals surface area (Å²) >= 11 is 10.9. The Morgan fingerprint density at radius 2 is 1.00 bits per heavy atom. The van der Waals surface area contributed by atoms with Gasteiger partial charge in [0.15, 0.2) is 41.1 Å². The summed E-state index contributed by atoms with van der Waals surface area (Å²) in [6.45, 7) is 24.3. The number of carbonyl (C=O) groups is 8. The first-order chi connectivity index (χ1) is 58.8. The number of likely N-dealkylation sites (N-methyl/N-ethyl adjacent to an activating group) is 6. The number of nitro benzene ring substituents is 2. The number of carboxylic acid groups (broad SMARTS) is 1. The zero-order chi connectivity index (χ0) is 91.4. The molecule has 4 aromatic heterocycles. The van der Waals surface area contributed by atoms with E-state index in [-0.39, 0.29) is 130 Å². The highest BCUT2D eigenvalue weighted by atomic mass is 32.1. The first kappa shape index (κ1) is 99.1. The number of methoxy groups -OCH3 is 1. The number of nitro groups is 2. The minimum absolute atomic E-state index is 0. The monoisotopic (exact) mass is 1780 g/mol. The van der Waals surface area contributed by atoms with Crippen LogP contribution in [0.15, 0.2) is 73.6 Å². The molecule has 4 aliphatic rings. The molecule has 0 bridgehead atoms. The molecular weight excluding hydrogens is 1690 g/mol. The summed E-state index contributed by atoms with van der Waals surface area (Å²) in [4.78, 5) is 177. The van der Waals surface area contributed by atoms with Crippen molar-refractivity contribution in [2.45, 2.75) is 135 Å². The number of esters is 3. The smallest absolute Gasteiger partial charge is 0.373 e. The number of benzene rings is 2. The number of piperidine rings is 2. The number of nitrogens with zero attached hydrogens (tertiary/aromatic N) is 18. The van der Waals surface area contributed by atoms with Gasteiger partial charge in [-0.05, 0) is 84.5 Å². The number of hydrogen-bond acceptors (Lipinski definition) is 34. The number of amides is 4. The molecule has 4 aliphatic heterocycles. The number of aliphatic carboxylic acids is 1. The number of fused-ring (bicyclic) bond motifs is 2. The molecular formula is C78H98N18O27S2. The fraction of sp³-hybridized carbons (Fsp3) is 0.526. The highest BCUT2D eigenvalue weighted by Gasteiger charge is 2.53. The Balaban J connectivity index is 0.000000332. The van der Waals surface area contributed by atoms with Crippen LogP contribution in [0.25, 0.3) is 31.8 Å². The van der Waals surface area contributed by atoms with Crippen molar-refractivity contribution >= 4 is 134 Å². The zero-order valence-electron chi connectivity index (χ0n) is 69.5. The van der Waals surface area contributed by atoms with E-state index in [9.17, 15) is 79.0 Å². The van der Waals surface area contributed by atoms with Gasteiger partial charge in [-0.15, -0.1) is 0 Å². The van der Waals surface area contributed by atoms with Crippen LogP contribution in [-0.4, -0.2) is 335 Å². The van der Waals surface area contributed by atoms with E-state index in [1.807, 2.05) is 23.9 Å². The predicted octanol–water partition coefficient (Wildman–Crippen LogP) is 3.63. The molecule has 6 aromatic rings. The van der Waals surface area contributed by atoms with Crippen LogP contribution in [0.2, 0.25) is 0 Å². The van der Waals surface area contributed by atoms with Crippen molar-refractivity contribution in [3.8, 4) is 11.5 Å². The Hall–Kier alpha value is -13.0. The molecule has 0 radical (unpaired) electrons. The third-order valence-corrected chi connectivity index (χ3v) is 22.0. The Labute approximate surface area is 727 Å². The molecule has 8 heterocycles. The first-order valence-electron chi connectivity index (χ1n) is 38.3. The van der Waals surface area contributed by atoms with Crippen molar-refractivity contribution in [2.75, 3.05) is 125 Å². The third kappa shape index (κ3) is 24.3. The van der Waals surface area contributed by atoms with Crippen LogP contribution in [0.5, 0.6) is 11.5 Å². The van der Waals surface area contributed by atoms with Gasteiger partial charge in [-0.25, -0.2) is 52.3 Å². The van der Waals surface area contributed by atoms with Crippen LogP contribution >= 0.6 is 24.4 Å². The molecule has 45 nitrogen and oxygen atoms in total. The lowest BCUT2D eigenvalue weighted by atomic mass is 9.90. The number of ether oxygens (including phenoxy) is 9. The minimum atomic E-state index is -1.96. The summed E-state index contributed by atoms with van der Waals surface area (Å²) in [7, 11) is 11.5. The molecule has 4 amide bonds. The van der Waals surface area contributed by atoms with Gasteiger partial charge in [0.2, 0.25) is 18.7 Å². The summed E-state index contributed by atoms with van der Waals surface area (Å²) < 4.78 is 52.1. The molecule has 14 atom stereocenters. The maximum Gasteiger partial charge on any atom is 0.373 e. The Morgan fingerprint density at radius 1 is 0.600 bits per heavy atom. The van der Waals surface area contributed by atoms with Crippen LogP contribution in [0.4, 0.5) is 32.6 Å². The largest absolute Gasteiger partial charge is 0.479 e. The summed E-state index contributed by atoms with van der Waals surface area (Å²) in [5.74, 6) is -4.32. The second-order valence-electron chi connectivity index (χ2n) is 29.4. The third-order valence-electron chi connectivity index (χ3n) is 21.2. The molecule has 4 fully saturated rings. The number of aliphatic hydroxyl groups excluding tert-OH is 3. The van der Waals surface area contributed by atoms with Gasteiger partial charge in [-0.1, -0.05) is 40.3 Å². The summed E-state index contributed by atoms with van der Waals surface area (Å²) in [6.07, 6.45) is -7.48.